The van der Waals surface area contributed by atoms with E-state index < -0.39 is 11.7 Å². The first-order chi connectivity index (χ1) is 13.4. The van der Waals surface area contributed by atoms with E-state index in [0.717, 1.165) is 18.2 Å². The molecule has 2 N–H and O–H groups in total. The molecule has 4 nitrogen and oxygen atoms in total. The average Bonchev–Trinajstić information content (AvgIpc) is 2.68. The molecule has 0 spiro atoms. The molecule has 2 aromatic carbocycles. The summed E-state index contributed by atoms with van der Waals surface area (Å²) in [5.74, 6) is 0.00111. The van der Waals surface area contributed by atoms with E-state index >= 15 is 0 Å². The van der Waals surface area contributed by atoms with Gasteiger partial charge in [0.25, 0.3) is 0 Å². The molecule has 0 saturated heterocycles. The zero-order valence-electron chi connectivity index (χ0n) is 15.6. The molecule has 28 heavy (non-hydrogen) atoms. The van der Waals surface area contributed by atoms with Crippen LogP contribution in [0.1, 0.15) is 37.3 Å². The van der Waals surface area contributed by atoms with Crippen LogP contribution in [0.5, 0.6) is 0 Å². The normalized spacial score (nSPS) is 12.5. The first kappa shape index (κ1) is 19.7. The van der Waals surface area contributed by atoms with Crippen molar-refractivity contribution in [3.63, 3.8) is 0 Å². The van der Waals surface area contributed by atoms with Crippen LogP contribution in [-0.2, 0) is 6.18 Å². The highest BCUT2D eigenvalue weighted by atomic mass is 19.4. The maximum absolute atomic E-state index is 13.5. The number of halogens is 3. The third kappa shape index (κ3) is 4.60. The third-order valence-electron chi connectivity index (χ3n) is 4.48. The van der Waals surface area contributed by atoms with Gasteiger partial charge >= 0.3 is 6.18 Å². The van der Waals surface area contributed by atoms with Crippen LogP contribution in [0, 0.1) is 0 Å². The van der Waals surface area contributed by atoms with Crippen LogP contribution < -0.4 is 10.6 Å². The van der Waals surface area contributed by atoms with Gasteiger partial charge in [-0.05, 0) is 36.1 Å². The van der Waals surface area contributed by atoms with Gasteiger partial charge in [-0.3, -0.25) is 0 Å². The molecule has 1 heterocycles. The minimum absolute atomic E-state index is 0.0859. The average molecular weight is 386 g/mol. The number of rotatable bonds is 6. The molecule has 1 aromatic heterocycles. The molecular formula is C21H21F3N4. The van der Waals surface area contributed by atoms with Crippen LogP contribution in [0.4, 0.5) is 36.3 Å². The lowest BCUT2D eigenvalue weighted by molar-refractivity contribution is -0.137. The fourth-order valence-electron chi connectivity index (χ4n) is 2.78. The van der Waals surface area contributed by atoms with E-state index in [1.807, 2.05) is 44.2 Å². The molecule has 0 saturated carbocycles. The maximum atomic E-state index is 13.5. The van der Waals surface area contributed by atoms with Gasteiger partial charge in [-0.15, -0.1) is 0 Å². The molecule has 0 bridgehead atoms. The Morgan fingerprint density at radius 1 is 0.964 bits per heavy atom. The molecule has 0 amide bonds. The molecule has 0 fully saturated rings. The summed E-state index contributed by atoms with van der Waals surface area (Å²) < 4.78 is 40.5. The van der Waals surface area contributed by atoms with Gasteiger partial charge in [0, 0.05) is 17.6 Å². The Kier molecular flexibility index (Phi) is 5.82. The summed E-state index contributed by atoms with van der Waals surface area (Å²) in [5.41, 5.74) is 1.32. The van der Waals surface area contributed by atoms with Gasteiger partial charge in [-0.2, -0.15) is 18.2 Å². The zero-order chi connectivity index (χ0) is 20.1. The van der Waals surface area contributed by atoms with E-state index in [1.54, 1.807) is 24.3 Å². The fraction of sp³-hybridized carbons (Fsp3) is 0.238. The highest BCUT2D eigenvalue weighted by molar-refractivity contribution is 5.66. The van der Waals surface area contributed by atoms with Gasteiger partial charge < -0.3 is 10.6 Å². The Morgan fingerprint density at radius 2 is 1.64 bits per heavy atom. The number of alkyl halides is 3. The number of aromatic nitrogens is 2. The van der Waals surface area contributed by atoms with Crippen molar-refractivity contribution in [2.24, 2.45) is 0 Å². The molecule has 3 rings (SSSR count). The van der Waals surface area contributed by atoms with Crippen molar-refractivity contribution in [3.05, 3.63) is 71.9 Å². The molecular weight excluding hydrogens is 365 g/mol. The second-order valence-corrected chi connectivity index (χ2v) is 6.47. The van der Waals surface area contributed by atoms with Crippen LogP contribution in [-0.4, -0.2) is 9.97 Å². The van der Waals surface area contributed by atoms with Gasteiger partial charge in [0.15, 0.2) is 0 Å². The van der Waals surface area contributed by atoms with Crippen LogP contribution in [0.2, 0.25) is 0 Å². The number of nitrogens with zero attached hydrogens (tertiary/aromatic N) is 2. The number of nitrogens with one attached hydrogen (secondary N) is 2. The largest absolute Gasteiger partial charge is 0.421 e. The van der Waals surface area contributed by atoms with Crippen molar-refractivity contribution in [3.8, 4) is 0 Å². The highest BCUT2D eigenvalue weighted by Gasteiger charge is 2.35. The minimum atomic E-state index is -4.57. The van der Waals surface area contributed by atoms with Crippen molar-refractivity contribution in [2.45, 2.75) is 32.4 Å². The van der Waals surface area contributed by atoms with Crippen molar-refractivity contribution >= 4 is 23.1 Å². The Hall–Kier alpha value is -3.09. The summed E-state index contributed by atoms with van der Waals surface area (Å²) in [6, 6.07) is 16.4. The van der Waals surface area contributed by atoms with Crippen molar-refractivity contribution in [2.75, 3.05) is 10.6 Å². The van der Waals surface area contributed by atoms with Crippen LogP contribution in [0.15, 0.2) is 60.8 Å². The standard InChI is InChI=1S/C21H21F3N4/c1-3-14(2)16-11-7-8-12-18(16)27-19-17(21(22,23)24)13-25-20(28-19)26-15-9-5-4-6-10-15/h4-14H,3H2,1-2H3,(H2,25,26,27,28). The number of benzene rings is 2. The smallest absolute Gasteiger partial charge is 0.339 e. The van der Waals surface area contributed by atoms with E-state index in [9.17, 15) is 13.2 Å². The topological polar surface area (TPSA) is 49.8 Å². The molecule has 3 aromatic rings. The molecule has 0 aliphatic carbocycles. The number of hydrogen-bond acceptors (Lipinski definition) is 4. The van der Waals surface area contributed by atoms with Gasteiger partial charge in [0.1, 0.15) is 11.4 Å². The highest BCUT2D eigenvalue weighted by Crippen LogP contribution is 2.37. The second-order valence-electron chi connectivity index (χ2n) is 6.47. The summed E-state index contributed by atoms with van der Waals surface area (Å²) in [4.78, 5) is 7.94. The molecule has 1 unspecified atom stereocenters. The van der Waals surface area contributed by atoms with Crippen molar-refractivity contribution < 1.29 is 13.2 Å². The first-order valence-electron chi connectivity index (χ1n) is 9.00. The lowest BCUT2D eigenvalue weighted by Gasteiger charge is -2.19. The summed E-state index contributed by atoms with van der Waals surface area (Å²) in [6.07, 6.45) is -2.90. The third-order valence-corrected chi connectivity index (χ3v) is 4.48. The summed E-state index contributed by atoms with van der Waals surface area (Å²) in [5, 5.41) is 5.81. The summed E-state index contributed by atoms with van der Waals surface area (Å²) in [7, 11) is 0. The lowest BCUT2D eigenvalue weighted by atomic mass is 9.97. The maximum Gasteiger partial charge on any atom is 0.421 e. The molecule has 0 aliphatic rings. The van der Waals surface area contributed by atoms with E-state index in [-0.39, 0.29) is 17.7 Å². The minimum Gasteiger partial charge on any atom is -0.339 e. The van der Waals surface area contributed by atoms with E-state index in [2.05, 4.69) is 20.6 Å². The molecule has 0 aliphatic heterocycles. The van der Waals surface area contributed by atoms with Crippen molar-refractivity contribution in [1.29, 1.82) is 0 Å². The first-order valence-corrected chi connectivity index (χ1v) is 9.00. The Balaban J connectivity index is 1.99. The van der Waals surface area contributed by atoms with Crippen LogP contribution in [0.25, 0.3) is 0 Å². The molecule has 1 atom stereocenters. The molecule has 0 radical (unpaired) electrons. The monoisotopic (exact) mass is 386 g/mol. The quantitative estimate of drug-likeness (QED) is 0.508. The van der Waals surface area contributed by atoms with Gasteiger partial charge in [-0.1, -0.05) is 50.2 Å². The lowest BCUT2D eigenvalue weighted by Crippen LogP contribution is -2.13. The van der Waals surface area contributed by atoms with Gasteiger partial charge in [0.05, 0.1) is 0 Å². The van der Waals surface area contributed by atoms with Gasteiger partial charge in [-0.25, -0.2) is 4.98 Å². The Labute approximate surface area is 161 Å². The second kappa shape index (κ2) is 8.29. The van der Waals surface area contributed by atoms with Gasteiger partial charge in [0.2, 0.25) is 5.95 Å². The van der Waals surface area contributed by atoms with E-state index in [0.29, 0.717) is 11.4 Å². The number of anilines is 4. The van der Waals surface area contributed by atoms with Crippen LogP contribution >= 0.6 is 0 Å². The Bertz CT molecular complexity index is 926. The fourth-order valence-corrected chi connectivity index (χ4v) is 2.78. The SMILES string of the molecule is CCC(C)c1ccccc1Nc1nc(Nc2ccccc2)ncc1C(F)(F)F. The predicted octanol–water partition coefficient (Wildman–Crippen LogP) is 6.50. The number of para-hydroxylation sites is 2. The van der Waals surface area contributed by atoms with Crippen molar-refractivity contribution in [1.82, 2.24) is 9.97 Å². The van der Waals surface area contributed by atoms with Crippen LogP contribution in [0.3, 0.4) is 0 Å². The summed E-state index contributed by atoms with van der Waals surface area (Å²) in [6.45, 7) is 4.07. The molecule has 7 heteroatoms. The van der Waals surface area contributed by atoms with E-state index in [1.165, 1.54) is 0 Å². The summed E-state index contributed by atoms with van der Waals surface area (Å²) >= 11 is 0. The Morgan fingerprint density at radius 3 is 2.32 bits per heavy atom. The number of hydrogen-bond donors (Lipinski definition) is 2. The zero-order valence-corrected chi connectivity index (χ0v) is 15.6. The van der Waals surface area contributed by atoms with E-state index in [4.69, 9.17) is 0 Å². The predicted molar refractivity (Wildman–Crippen MR) is 105 cm³/mol. The molecule has 146 valence electrons.